The van der Waals surface area contributed by atoms with Crippen LogP contribution in [0, 0.1) is 0 Å². The summed E-state index contributed by atoms with van der Waals surface area (Å²) >= 11 is 0. The molecule has 7 heteroatoms. The Kier molecular flexibility index (Phi) is 8.04. The Morgan fingerprint density at radius 1 is 0.545 bits per heavy atom. The molecule has 0 aromatic heterocycles. The third-order valence-corrected chi connectivity index (χ3v) is 6.94. The fourth-order valence-electron chi connectivity index (χ4n) is 4.66. The van der Waals surface area contributed by atoms with Crippen molar-refractivity contribution >= 4 is 19.1 Å². The van der Waals surface area contributed by atoms with Crippen LogP contribution in [-0.2, 0) is 0 Å². The molecule has 2 aliphatic rings. The van der Waals surface area contributed by atoms with E-state index >= 15 is 0 Å². The number of hydrogen-bond donors (Lipinski definition) is 0. The number of piperazine rings is 2. The molecule has 0 saturated carbocycles. The van der Waals surface area contributed by atoms with E-state index in [0.29, 0.717) is 12.1 Å². The molecule has 6 nitrogen and oxygen atoms in total. The smallest absolute Gasteiger partial charge is 0.529 e. The van der Waals surface area contributed by atoms with Crippen molar-refractivity contribution in [1.82, 2.24) is 9.80 Å². The van der Waals surface area contributed by atoms with Gasteiger partial charge in [0.05, 0.1) is 0 Å². The SMILES string of the molecule is CC(C)N1CCN(c2ccc(OBOc3ccc(N4CCN(C(C)C)CC4)cc3)cc2)CC1. The molecule has 2 fully saturated rings. The van der Waals surface area contributed by atoms with Gasteiger partial charge in [0.25, 0.3) is 0 Å². The van der Waals surface area contributed by atoms with Crippen LogP contribution in [0.5, 0.6) is 11.5 Å². The summed E-state index contributed by atoms with van der Waals surface area (Å²) < 4.78 is 11.6. The highest BCUT2D eigenvalue weighted by molar-refractivity contribution is 6.20. The predicted octanol–water partition coefficient (Wildman–Crippen LogP) is 3.47. The minimum absolute atomic E-state index is 0.207. The Balaban J connectivity index is 1.20. The molecule has 178 valence electrons. The zero-order chi connectivity index (χ0) is 23.2. The molecule has 0 unspecified atom stereocenters. The van der Waals surface area contributed by atoms with Gasteiger partial charge in [-0.15, -0.1) is 0 Å². The van der Waals surface area contributed by atoms with E-state index in [9.17, 15) is 0 Å². The van der Waals surface area contributed by atoms with Crippen LogP contribution in [-0.4, -0.2) is 81.9 Å². The first-order valence-corrected chi connectivity index (χ1v) is 12.4. The van der Waals surface area contributed by atoms with E-state index in [-0.39, 0.29) is 7.69 Å². The predicted molar refractivity (Wildman–Crippen MR) is 139 cm³/mol. The standard InChI is InChI=1S/C26H39BN4O2/c1-21(2)28-13-17-30(18-14-28)23-5-9-25(10-6-23)32-27-33-26-11-7-24(8-12-26)31-19-15-29(16-20-31)22(3)4/h5-12,21-22,27H,13-20H2,1-4H3. The van der Waals surface area contributed by atoms with Gasteiger partial charge in [0.15, 0.2) is 0 Å². The summed E-state index contributed by atoms with van der Waals surface area (Å²) in [6.07, 6.45) is 0. The second-order valence-corrected chi connectivity index (χ2v) is 9.63. The fourth-order valence-corrected chi connectivity index (χ4v) is 4.66. The summed E-state index contributed by atoms with van der Waals surface area (Å²) in [7, 11) is 0.207. The molecule has 0 spiro atoms. The van der Waals surface area contributed by atoms with Crippen molar-refractivity contribution < 1.29 is 9.31 Å². The van der Waals surface area contributed by atoms with Gasteiger partial charge in [-0.2, -0.15) is 0 Å². The second kappa shape index (κ2) is 11.2. The van der Waals surface area contributed by atoms with Gasteiger partial charge in [0, 0.05) is 75.8 Å². The fraction of sp³-hybridized carbons (Fsp3) is 0.538. The molecule has 0 N–H and O–H groups in total. The topological polar surface area (TPSA) is 31.4 Å². The highest BCUT2D eigenvalue weighted by atomic mass is 16.6. The minimum Gasteiger partial charge on any atom is -0.529 e. The Labute approximate surface area is 200 Å². The highest BCUT2D eigenvalue weighted by Gasteiger charge is 2.20. The first-order chi connectivity index (χ1) is 16.0. The molecule has 2 aromatic carbocycles. The Morgan fingerprint density at radius 3 is 1.18 bits per heavy atom. The van der Waals surface area contributed by atoms with Crippen LogP contribution in [0.3, 0.4) is 0 Å². The summed E-state index contributed by atoms with van der Waals surface area (Å²) in [6, 6.07) is 18.0. The lowest BCUT2D eigenvalue weighted by Crippen LogP contribution is -2.48. The molecule has 33 heavy (non-hydrogen) atoms. The van der Waals surface area contributed by atoms with E-state index in [4.69, 9.17) is 9.31 Å². The summed E-state index contributed by atoms with van der Waals surface area (Å²) in [5, 5.41) is 0. The second-order valence-electron chi connectivity index (χ2n) is 9.63. The van der Waals surface area contributed by atoms with E-state index in [1.165, 1.54) is 11.4 Å². The van der Waals surface area contributed by atoms with Crippen LogP contribution >= 0.6 is 0 Å². The van der Waals surface area contributed by atoms with Crippen molar-refractivity contribution in [2.75, 3.05) is 62.2 Å². The van der Waals surface area contributed by atoms with Crippen LogP contribution in [0.15, 0.2) is 48.5 Å². The lowest BCUT2D eigenvalue weighted by molar-refractivity contribution is 0.209. The van der Waals surface area contributed by atoms with Gasteiger partial charge in [-0.05, 0) is 76.2 Å². The van der Waals surface area contributed by atoms with Gasteiger partial charge in [0.2, 0.25) is 0 Å². The quantitative estimate of drug-likeness (QED) is 0.573. The van der Waals surface area contributed by atoms with E-state index in [2.05, 4.69) is 71.6 Å². The molecule has 2 aromatic rings. The first-order valence-electron chi connectivity index (χ1n) is 12.4. The van der Waals surface area contributed by atoms with Crippen molar-refractivity contribution in [2.45, 2.75) is 39.8 Å². The van der Waals surface area contributed by atoms with Crippen molar-refractivity contribution in [3.8, 4) is 11.5 Å². The Morgan fingerprint density at radius 2 is 0.879 bits per heavy atom. The van der Waals surface area contributed by atoms with E-state index in [0.717, 1.165) is 63.9 Å². The highest BCUT2D eigenvalue weighted by Crippen LogP contribution is 2.23. The maximum atomic E-state index is 5.82. The Bertz CT molecular complexity index is 772. The number of benzene rings is 2. The molecular formula is C26H39BN4O2. The summed E-state index contributed by atoms with van der Waals surface area (Å²) in [5.74, 6) is 1.67. The molecule has 4 rings (SSSR count). The molecule has 0 amide bonds. The molecule has 0 aliphatic carbocycles. The van der Waals surface area contributed by atoms with Gasteiger partial charge in [-0.3, -0.25) is 9.80 Å². The number of hydrogen-bond acceptors (Lipinski definition) is 6. The molecule has 0 radical (unpaired) electrons. The first kappa shape index (κ1) is 23.8. The van der Waals surface area contributed by atoms with Gasteiger partial charge in [0.1, 0.15) is 11.5 Å². The molecule has 2 aliphatic heterocycles. The number of anilines is 2. The monoisotopic (exact) mass is 450 g/mol. The Hall–Kier alpha value is -2.38. The van der Waals surface area contributed by atoms with E-state index in [1.54, 1.807) is 0 Å². The lowest BCUT2D eigenvalue weighted by Gasteiger charge is -2.38. The summed E-state index contributed by atoms with van der Waals surface area (Å²) in [4.78, 5) is 9.96. The zero-order valence-corrected chi connectivity index (χ0v) is 20.7. The van der Waals surface area contributed by atoms with E-state index in [1.807, 2.05) is 24.3 Å². The average molecular weight is 450 g/mol. The molecule has 2 heterocycles. The van der Waals surface area contributed by atoms with Crippen molar-refractivity contribution in [1.29, 1.82) is 0 Å². The molecule has 0 bridgehead atoms. The lowest BCUT2D eigenvalue weighted by atomic mass is 10.2. The zero-order valence-electron chi connectivity index (χ0n) is 20.7. The summed E-state index contributed by atoms with van der Waals surface area (Å²) in [6.45, 7) is 17.9. The molecule has 2 saturated heterocycles. The van der Waals surface area contributed by atoms with Crippen LogP contribution < -0.4 is 19.1 Å². The normalized spacial score (nSPS) is 18.1. The van der Waals surface area contributed by atoms with E-state index < -0.39 is 0 Å². The summed E-state index contributed by atoms with van der Waals surface area (Å²) in [5.41, 5.74) is 2.52. The van der Waals surface area contributed by atoms with Gasteiger partial charge in [-0.1, -0.05) is 0 Å². The average Bonchev–Trinajstić information content (AvgIpc) is 2.85. The van der Waals surface area contributed by atoms with Crippen molar-refractivity contribution in [3.63, 3.8) is 0 Å². The van der Waals surface area contributed by atoms with Crippen molar-refractivity contribution in [3.05, 3.63) is 48.5 Å². The largest absolute Gasteiger partial charge is 0.576 e. The van der Waals surface area contributed by atoms with Crippen molar-refractivity contribution in [2.24, 2.45) is 0 Å². The minimum atomic E-state index is 0.207. The van der Waals surface area contributed by atoms with Gasteiger partial charge < -0.3 is 19.1 Å². The van der Waals surface area contributed by atoms with Crippen LogP contribution in [0.25, 0.3) is 0 Å². The number of nitrogens with zero attached hydrogens (tertiary/aromatic N) is 4. The molecule has 0 atom stereocenters. The maximum absolute atomic E-state index is 5.82. The molecular weight excluding hydrogens is 411 g/mol. The number of rotatable bonds is 8. The van der Waals surface area contributed by atoms with Crippen LogP contribution in [0.1, 0.15) is 27.7 Å². The third kappa shape index (κ3) is 6.36. The van der Waals surface area contributed by atoms with Gasteiger partial charge >= 0.3 is 7.69 Å². The maximum Gasteiger partial charge on any atom is 0.576 e. The van der Waals surface area contributed by atoms with Gasteiger partial charge in [-0.25, -0.2) is 0 Å². The van der Waals surface area contributed by atoms with Crippen LogP contribution in [0.4, 0.5) is 11.4 Å². The van der Waals surface area contributed by atoms with Crippen LogP contribution in [0.2, 0.25) is 0 Å². The third-order valence-electron chi connectivity index (χ3n) is 6.94.